The van der Waals surface area contributed by atoms with Gasteiger partial charge in [-0.15, -0.1) is 0 Å². The van der Waals surface area contributed by atoms with Crippen LogP contribution < -0.4 is 4.74 Å². The van der Waals surface area contributed by atoms with Crippen LogP contribution in [0.4, 0.5) is 4.39 Å². The van der Waals surface area contributed by atoms with Gasteiger partial charge < -0.3 is 4.74 Å². The topological polar surface area (TPSA) is 9.23 Å². The van der Waals surface area contributed by atoms with Crippen LogP contribution >= 0.6 is 27.5 Å². The molecule has 0 fully saturated rings. The van der Waals surface area contributed by atoms with Crippen LogP contribution in [0.3, 0.4) is 0 Å². The summed E-state index contributed by atoms with van der Waals surface area (Å²) in [6.07, 6.45) is 0. The Bertz CT molecular complexity index is 619. The second kappa shape index (κ2) is 6.15. The fourth-order valence-electron chi connectivity index (χ4n) is 2.20. The average molecular weight is 358 g/mol. The van der Waals surface area contributed by atoms with Gasteiger partial charge in [0.1, 0.15) is 11.6 Å². The highest BCUT2D eigenvalue weighted by Gasteiger charge is 2.17. The molecule has 0 aliphatic rings. The first-order valence-corrected chi connectivity index (χ1v) is 7.47. The molecule has 0 saturated heterocycles. The van der Waals surface area contributed by atoms with Crippen molar-refractivity contribution < 1.29 is 9.13 Å². The standard InChI is InChI=1S/C16H15BrClFO/c1-9-6-11(7-10(2)16(9)19)15(17)13-5-4-12(18)8-14(13)20-3/h4-8,15H,1-3H3. The van der Waals surface area contributed by atoms with Gasteiger partial charge in [-0.05, 0) is 42.7 Å². The molecule has 0 heterocycles. The number of rotatable bonds is 3. The summed E-state index contributed by atoms with van der Waals surface area (Å²) in [5.74, 6) is 0.551. The zero-order valence-corrected chi connectivity index (χ0v) is 13.8. The van der Waals surface area contributed by atoms with Gasteiger partial charge in [-0.2, -0.15) is 0 Å². The summed E-state index contributed by atoms with van der Waals surface area (Å²) in [6.45, 7) is 3.54. The molecule has 4 heteroatoms. The van der Waals surface area contributed by atoms with Crippen LogP contribution in [0.25, 0.3) is 0 Å². The van der Waals surface area contributed by atoms with E-state index in [9.17, 15) is 4.39 Å². The van der Waals surface area contributed by atoms with Crippen LogP contribution in [0.2, 0.25) is 5.02 Å². The first kappa shape index (κ1) is 15.3. The molecule has 106 valence electrons. The van der Waals surface area contributed by atoms with E-state index in [0.717, 1.165) is 11.1 Å². The number of ether oxygens (including phenoxy) is 1. The lowest BCUT2D eigenvalue weighted by molar-refractivity contribution is 0.410. The Balaban J connectivity index is 2.48. The average Bonchev–Trinajstić information content (AvgIpc) is 2.43. The highest BCUT2D eigenvalue weighted by molar-refractivity contribution is 9.09. The number of alkyl halides is 1. The predicted molar refractivity (Wildman–Crippen MR) is 84.6 cm³/mol. The van der Waals surface area contributed by atoms with E-state index in [1.807, 2.05) is 24.3 Å². The molecule has 0 spiro atoms. The van der Waals surface area contributed by atoms with Crippen molar-refractivity contribution in [3.05, 3.63) is 63.4 Å². The second-order valence-corrected chi connectivity index (χ2v) is 6.07. The molecular weight excluding hydrogens is 343 g/mol. The quantitative estimate of drug-likeness (QED) is 0.651. The third kappa shape index (κ3) is 2.99. The van der Waals surface area contributed by atoms with Crippen molar-refractivity contribution in [1.82, 2.24) is 0 Å². The Morgan fingerprint density at radius 3 is 2.30 bits per heavy atom. The van der Waals surface area contributed by atoms with Gasteiger partial charge in [0.2, 0.25) is 0 Å². The Hall–Kier alpha value is -1.06. The van der Waals surface area contributed by atoms with Crippen LogP contribution in [0.15, 0.2) is 30.3 Å². The van der Waals surface area contributed by atoms with Gasteiger partial charge in [-0.3, -0.25) is 0 Å². The molecule has 1 atom stereocenters. The molecule has 0 saturated carbocycles. The molecule has 0 N–H and O–H groups in total. The van der Waals surface area contributed by atoms with Gasteiger partial charge in [0, 0.05) is 10.6 Å². The lowest BCUT2D eigenvalue weighted by Crippen LogP contribution is -2.00. The Morgan fingerprint density at radius 2 is 1.75 bits per heavy atom. The summed E-state index contributed by atoms with van der Waals surface area (Å²) < 4.78 is 19.1. The molecule has 1 unspecified atom stereocenters. The molecular formula is C16H15BrClFO. The van der Waals surface area contributed by atoms with Crippen molar-refractivity contribution in [2.24, 2.45) is 0 Å². The maximum Gasteiger partial charge on any atom is 0.129 e. The van der Waals surface area contributed by atoms with E-state index < -0.39 is 0 Å². The van der Waals surface area contributed by atoms with Crippen molar-refractivity contribution in [3.8, 4) is 5.75 Å². The molecule has 2 aromatic carbocycles. The summed E-state index contributed by atoms with van der Waals surface area (Å²) in [4.78, 5) is -0.0762. The van der Waals surface area contributed by atoms with E-state index in [2.05, 4.69) is 15.9 Å². The van der Waals surface area contributed by atoms with Crippen molar-refractivity contribution in [2.45, 2.75) is 18.7 Å². The SMILES string of the molecule is COc1cc(Cl)ccc1C(Br)c1cc(C)c(F)c(C)c1. The van der Waals surface area contributed by atoms with E-state index in [0.29, 0.717) is 21.9 Å². The van der Waals surface area contributed by atoms with Crippen LogP contribution in [-0.4, -0.2) is 7.11 Å². The summed E-state index contributed by atoms with van der Waals surface area (Å²) in [6, 6.07) is 9.19. The molecule has 1 nitrogen and oxygen atoms in total. The van der Waals surface area contributed by atoms with Gasteiger partial charge in [0.05, 0.1) is 11.9 Å². The van der Waals surface area contributed by atoms with Crippen molar-refractivity contribution >= 4 is 27.5 Å². The van der Waals surface area contributed by atoms with E-state index in [4.69, 9.17) is 16.3 Å². The number of aryl methyl sites for hydroxylation is 2. The summed E-state index contributed by atoms with van der Waals surface area (Å²) >= 11 is 9.63. The lowest BCUT2D eigenvalue weighted by Gasteiger charge is -2.16. The monoisotopic (exact) mass is 356 g/mol. The first-order valence-electron chi connectivity index (χ1n) is 6.18. The summed E-state index contributed by atoms with van der Waals surface area (Å²) in [7, 11) is 1.61. The largest absolute Gasteiger partial charge is 0.496 e. The Morgan fingerprint density at radius 1 is 1.15 bits per heavy atom. The van der Waals surface area contributed by atoms with Gasteiger partial charge in [0.15, 0.2) is 0 Å². The highest BCUT2D eigenvalue weighted by atomic mass is 79.9. The molecule has 2 rings (SSSR count). The lowest BCUT2D eigenvalue weighted by atomic mass is 9.99. The molecule has 0 aliphatic heterocycles. The van der Waals surface area contributed by atoms with Crippen LogP contribution in [0.5, 0.6) is 5.75 Å². The summed E-state index contributed by atoms with van der Waals surface area (Å²) in [5, 5.41) is 0.622. The van der Waals surface area contributed by atoms with E-state index >= 15 is 0 Å². The Kier molecular flexibility index (Phi) is 4.71. The highest BCUT2D eigenvalue weighted by Crippen LogP contribution is 2.38. The minimum atomic E-state index is -0.156. The number of hydrogen-bond donors (Lipinski definition) is 0. The molecule has 0 aromatic heterocycles. The molecule has 0 amide bonds. The fourth-order valence-corrected chi connectivity index (χ4v) is 3.00. The normalized spacial score (nSPS) is 12.3. The Labute approximate surface area is 131 Å². The van der Waals surface area contributed by atoms with Crippen molar-refractivity contribution in [1.29, 1.82) is 0 Å². The molecule has 20 heavy (non-hydrogen) atoms. The fraction of sp³-hybridized carbons (Fsp3) is 0.250. The van der Waals surface area contributed by atoms with Gasteiger partial charge in [-0.25, -0.2) is 4.39 Å². The van der Waals surface area contributed by atoms with Crippen molar-refractivity contribution in [3.63, 3.8) is 0 Å². The third-order valence-corrected chi connectivity index (χ3v) is 4.48. The van der Waals surface area contributed by atoms with E-state index in [1.165, 1.54) is 0 Å². The van der Waals surface area contributed by atoms with Crippen LogP contribution in [-0.2, 0) is 0 Å². The second-order valence-electron chi connectivity index (χ2n) is 4.72. The zero-order valence-electron chi connectivity index (χ0n) is 11.5. The zero-order chi connectivity index (χ0) is 14.9. The number of benzene rings is 2. The first-order chi connectivity index (χ1) is 9.43. The smallest absolute Gasteiger partial charge is 0.129 e. The van der Waals surface area contributed by atoms with Crippen LogP contribution in [0, 0.1) is 19.7 Å². The molecule has 0 aliphatic carbocycles. The maximum absolute atomic E-state index is 13.7. The molecule has 2 aromatic rings. The predicted octanol–water partition coefficient (Wildman–Crippen LogP) is 5.59. The van der Waals surface area contributed by atoms with Gasteiger partial charge in [-0.1, -0.05) is 45.7 Å². The van der Waals surface area contributed by atoms with Gasteiger partial charge in [0.25, 0.3) is 0 Å². The van der Waals surface area contributed by atoms with Crippen molar-refractivity contribution in [2.75, 3.05) is 7.11 Å². The van der Waals surface area contributed by atoms with E-state index in [1.54, 1.807) is 27.0 Å². The van der Waals surface area contributed by atoms with Crippen LogP contribution in [0.1, 0.15) is 27.1 Å². The maximum atomic E-state index is 13.7. The van der Waals surface area contributed by atoms with E-state index in [-0.39, 0.29) is 10.6 Å². The minimum Gasteiger partial charge on any atom is -0.496 e. The van der Waals surface area contributed by atoms with Gasteiger partial charge >= 0.3 is 0 Å². The molecule has 0 radical (unpaired) electrons. The molecule has 0 bridgehead atoms. The minimum absolute atomic E-state index is 0.0762. The number of halogens is 3. The number of methoxy groups -OCH3 is 1. The third-order valence-electron chi connectivity index (χ3n) is 3.22. The number of hydrogen-bond acceptors (Lipinski definition) is 1. The summed E-state index contributed by atoms with van der Waals surface area (Å²) in [5.41, 5.74) is 3.22.